The van der Waals surface area contributed by atoms with Gasteiger partial charge in [-0.1, -0.05) is 6.92 Å². The Balaban J connectivity index is 2.13. The molecule has 0 aromatic carbocycles. The zero-order valence-corrected chi connectivity index (χ0v) is 7.09. The molecule has 1 N–H and O–H groups in total. The highest BCUT2D eigenvalue weighted by Gasteiger charge is 2.34. The summed E-state index contributed by atoms with van der Waals surface area (Å²) in [7, 11) is 1.45. The second kappa shape index (κ2) is 3.72. The summed E-state index contributed by atoms with van der Waals surface area (Å²) in [5, 5.41) is 3.28. The van der Waals surface area contributed by atoms with Gasteiger partial charge in [0.05, 0.1) is 13.0 Å². The number of carbonyl (C=O) groups excluding carboxylic acids is 1. The maximum atomic E-state index is 10.9. The summed E-state index contributed by atoms with van der Waals surface area (Å²) in [4.78, 5) is 10.9. The van der Waals surface area contributed by atoms with Gasteiger partial charge >= 0.3 is 5.97 Å². The monoisotopic (exact) mass is 157 g/mol. The number of ether oxygens (including phenoxy) is 1. The lowest BCUT2D eigenvalue weighted by Crippen LogP contribution is -2.44. The van der Waals surface area contributed by atoms with E-state index >= 15 is 0 Å². The van der Waals surface area contributed by atoms with Crippen LogP contribution in [0.15, 0.2) is 0 Å². The van der Waals surface area contributed by atoms with Crippen molar-refractivity contribution < 1.29 is 9.53 Å². The SMILES string of the molecule is CCNC1CC(C(=O)OC)C1. The molecule has 0 bridgehead atoms. The van der Waals surface area contributed by atoms with Gasteiger partial charge in [-0.05, 0) is 19.4 Å². The lowest BCUT2D eigenvalue weighted by Gasteiger charge is -2.33. The van der Waals surface area contributed by atoms with Crippen molar-refractivity contribution in [2.24, 2.45) is 5.92 Å². The second-order valence-electron chi connectivity index (χ2n) is 2.95. The third-order valence-electron chi connectivity index (χ3n) is 2.17. The van der Waals surface area contributed by atoms with Crippen molar-refractivity contribution in [2.75, 3.05) is 13.7 Å². The van der Waals surface area contributed by atoms with Crippen molar-refractivity contribution >= 4 is 5.97 Å². The maximum Gasteiger partial charge on any atom is 0.308 e. The van der Waals surface area contributed by atoms with Gasteiger partial charge in [0, 0.05) is 6.04 Å². The molecule has 0 radical (unpaired) electrons. The molecule has 3 heteroatoms. The Morgan fingerprint density at radius 3 is 2.73 bits per heavy atom. The number of hydrogen-bond acceptors (Lipinski definition) is 3. The standard InChI is InChI=1S/C8H15NO2/c1-3-9-7-4-6(5-7)8(10)11-2/h6-7,9H,3-5H2,1-2H3. The van der Waals surface area contributed by atoms with Crippen LogP contribution in [0, 0.1) is 5.92 Å². The van der Waals surface area contributed by atoms with Crippen LogP contribution in [0.2, 0.25) is 0 Å². The first-order chi connectivity index (χ1) is 5.27. The molecule has 0 amide bonds. The fourth-order valence-electron chi connectivity index (χ4n) is 1.43. The predicted octanol–water partition coefficient (Wildman–Crippen LogP) is 0.547. The van der Waals surface area contributed by atoms with E-state index in [0.29, 0.717) is 6.04 Å². The van der Waals surface area contributed by atoms with Gasteiger partial charge in [0.15, 0.2) is 0 Å². The van der Waals surface area contributed by atoms with Crippen LogP contribution in [-0.2, 0) is 9.53 Å². The molecule has 0 saturated heterocycles. The zero-order valence-electron chi connectivity index (χ0n) is 7.09. The van der Waals surface area contributed by atoms with Crippen LogP contribution >= 0.6 is 0 Å². The highest BCUT2D eigenvalue weighted by atomic mass is 16.5. The fraction of sp³-hybridized carbons (Fsp3) is 0.875. The van der Waals surface area contributed by atoms with Crippen LogP contribution in [0.1, 0.15) is 19.8 Å². The first-order valence-electron chi connectivity index (χ1n) is 4.09. The second-order valence-corrected chi connectivity index (χ2v) is 2.95. The van der Waals surface area contributed by atoms with E-state index in [-0.39, 0.29) is 11.9 Å². The molecule has 11 heavy (non-hydrogen) atoms. The van der Waals surface area contributed by atoms with Gasteiger partial charge in [-0.3, -0.25) is 4.79 Å². The average molecular weight is 157 g/mol. The van der Waals surface area contributed by atoms with Crippen molar-refractivity contribution in [3.05, 3.63) is 0 Å². The summed E-state index contributed by atoms with van der Waals surface area (Å²) in [6.07, 6.45) is 1.89. The molecule has 1 fully saturated rings. The molecule has 0 aromatic heterocycles. The molecule has 3 nitrogen and oxygen atoms in total. The summed E-state index contributed by atoms with van der Waals surface area (Å²) >= 11 is 0. The largest absolute Gasteiger partial charge is 0.469 e. The van der Waals surface area contributed by atoms with Crippen molar-refractivity contribution in [1.82, 2.24) is 5.32 Å². The first kappa shape index (κ1) is 8.53. The maximum absolute atomic E-state index is 10.9. The number of hydrogen-bond donors (Lipinski definition) is 1. The Labute approximate surface area is 67.1 Å². The Morgan fingerprint density at radius 2 is 2.27 bits per heavy atom. The molecule has 0 atom stereocenters. The number of carbonyl (C=O) groups is 1. The Hall–Kier alpha value is -0.570. The quantitative estimate of drug-likeness (QED) is 0.608. The van der Waals surface area contributed by atoms with E-state index in [4.69, 9.17) is 0 Å². The summed E-state index contributed by atoms with van der Waals surface area (Å²) in [6.45, 7) is 3.06. The van der Waals surface area contributed by atoms with Crippen LogP contribution in [-0.4, -0.2) is 25.7 Å². The number of esters is 1. The number of methoxy groups -OCH3 is 1. The molecule has 0 unspecified atom stereocenters. The molecule has 64 valence electrons. The zero-order chi connectivity index (χ0) is 8.27. The van der Waals surface area contributed by atoms with E-state index in [2.05, 4.69) is 17.0 Å². The normalized spacial score (nSPS) is 29.3. The fourth-order valence-corrected chi connectivity index (χ4v) is 1.43. The summed E-state index contributed by atoms with van der Waals surface area (Å²) in [5.41, 5.74) is 0. The minimum atomic E-state index is -0.0563. The lowest BCUT2D eigenvalue weighted by molar-refractivity contribution is -0.149. The molecule has 1 aliphatic rings. The Kier molecular flexibility index (Phi) is 2.88. The molecule has 1 saturated carbocycles. The van der Waals surface area contributed by atoms with E-state index in [9.17, 15) is 4.79 Å². The molecule has 1 rings (SSSR count). The minimum Gasteiger partial charge on any atom is -0.469 e. The van der Waals surface area contributed by atoms with Crippen LogP contribution in [0.3, 0.4) is 0 Å². The average Bonchev–Trinajstić information content (AvgIpc) is 1.94. The first-order valence-corrected chi connectivity index (χ1v) is 4.09. The third-order valence-corrected chi connectivity index (χ3v) is 2.17. The van der Waals surface area contributed by atoms with E-state index in [1.807, 2.05) is 0 Å². The predicted molar refractivity (Wildman–Crippen MR) is 42.2 cm³/mol. The smallest absolute Gasteiger partial charge is 0.308 e. The molecular formula is C8H15NO2. The van der Waals surface area contributed by atoms with Crippen LogP contribution in [0.25, 0.3) is 0 Å². The van der Waals surface area contributed by atoms with Crippen LogP contribution in [0.4, 0.5) is 0 Å². The third kappa shape index (κ3) is 1.93. The molecule has 0 spiro atoms. The van der Waals surface area contributed by atoms with Crippen molar-refractivity contribution in [3.63, 3.8) is 0 Å². The molecule has 0 heterocycles. The molecule has 1 aliphatic carbocycles. The summed E-state index contributed by atoms with van der Waals surface area (Å²) in [5.74, 6) is 0.100. The molecule has 0 aromatic rings. The minimum absolute atomic E-state index is 0.0563. The van der Waals surface area contributed by atoms with Gasteiger partial charge in [0.1, 0.15) is 0 Å². The molecular weight excluding hydrogens is 142 g/mol. The van der Waals surface area contributed by atoms with Gasteiger partial charge in [-0.2, -0.15) is 0 Å². The van der Waals surface area contributed by atoms with Crippen molar-refractivity contribution in [3.8, 4) is 0 Å². The van der Waals surface area contributed by atoms with Gasteiger partial charge in [-0.15, -0.1) is 0 Å². The molecule has 0 aliphatic heterocycles. The van der Waals surface area contributed by atoms with Gasteiger partial charge in [0.25, 0.3) is 0 Å². The van der Waals surface area contributed by atoms with E-state index in [1.165, 1.54) is 7.11 Å². The van der Waals surface area contributed by atoms with E-state index in [0.717, 1.165) is 19.4 Å². The Bertz CT molecular complexity index is 141. The number of nitrogens with one attached hydrogen (secondary N) is 1. The summed E-state index contributed by atoms with van der Waals surface area (Å²) < 4.78 is 4.61. The van der Waals surface area contributed by atoms with Crippen molar-refractivity contribution in [1.29, 1.82) is 0 Å². The highest BCUT2D eigenvalue weighted by molar-refractivity contribution is 5.73. The van der Waals surface area contributed by atoms with Gasteiger partial charge in [-0.25, -0.2) is 0 Å². The Morgan fingerprint density at radius 1 is 1.64 bits per heavy atom. The van der Waals surface area contributed by atoms with Gasteiger partial charge in [0.2, 0.25) is 0 Å². The van der Waals surface area contributed by atoms with Crippen LogP contribution in [0.5, 0.6) is 0 Å². The van der Waals surface area contributed by atoms with E-state index < -0.39 is 0 Å². The summed E-state index contributed by atoms with van der Waals surface area (Å²) in [6, 6.07) is 0.545. The van der Waals surface area contributed by atoms with Crippen LogP contribution < -0.4 is 5.32 Å². The van der Waals surface area contributed by atoms with Crippen molar-refractivity contribution in [2.45, 2.75) is 25.8 Å². The lowest BCUT2D eigenvalue weighted by atomic mass is 9.80. The number of rotatable bonds is 3. The van der Waals surface area contributed by atoms with E-state index in [1.54, 1.807) is 0 Å². The topological polar surface area (TPSA) is 38.3 Å². The van der Waals surface area contributed by atoms with Gasteiger partial charge < -0.3 is 10.1 Å². The highest BCUT2D eigenvalue weighted by Crippen LogP contribution is 2.27.